The van der Waals surface area contributed by atoms with E-state index in [1.54, 1.807) is 14.2 Å². The standard InChI is InChI=1S/C16H23NO3/c1-19-12-14-11-13(7-8-15(14)20-2)16(18)17-9-5-3-4-6-10-17/h7-8,11H,3-6,9-10,12H2,1-2H3. The van der Waals surface area contributed by atoms with Crippen molar-refractivity contribution in [3.8, 4) is 5.75 Å². The van der Waals surface area contributed by atoms with Crippen LogP contribution in [0.3, 0.4) is 0 Å². The molecule has 0 N–H and O–H groups in total. The van der Waals surface area contributed by atoms with Crippen LogP contribution in [-0.2, 0) is 11.3 Å². The minimum Gasteiger partial charge on any atom is -0.496 e. The van der Waals surface area contributed by atoms with Crippen molar-refractivity contribution in [2.45, 2.75) is 32.3 Å². The maximum absolute atomic E-state index is 12.6. The van der Waals surface area contributed by atoms with Gasteiger partial charge in [0.2, 0.25) is 0 Å². The van der Waals surface area contributed by atoms with Crippen LogP contribution in [0.1, 0.15) is 41.6 Å². The maximum Gasteiger partial charge on any atom is 0.253 e. The van der Waals surface area contributed by atoms with Crippen molar-refractivity contribution < 1.29 is 14.3 Å². The Morgan fingerprint density at radius 1 is 1.15 bits per heavy atom. The van der Waals surface area contributed by atoms with E-state index in [-0.39, 0.29) is 5.91 Å². The summed E-state index contributed by atoms with van der Waals surface area (Å²) in [4.78, 5) is 14.5. The van der Waals surface area contributed by atoms with Gasteiger partial charge in [-0.15, -0.1) is 0 Å². The molecule has 1 amide bonds. The van der Waals surface area contributed by atoms with Crippen LogP contribution in [0.25, 0.3) is 0 Å². The van der Waals surface area contributed by atoms with Gasteiger partial charge >= 0.3 is 0 Å². The minimum absolute atomic E-state index is 0.118. The molecule has 1 aromatic rings. The average molecular weight is 277 g/mol. The summed E-state index contributed by atoms with van der Waals surface area (Å²) in [5, 5.41) is 0. The summed E-state index contributed by atoms with van der Waals surface area (Å²) >= 11 is 0. The number of carbonyl (C=O) groups is 1. The van der Waals surface area contributed by atoms with Crippen molar-refractivity contribution in [2.24, 2.45) is 0 Å². The fraction of sp³-hybridized carbons (Fsp3) is 0.562. The number of likely N-dealkylation sites (tertiary alicyclic amines) is 1. The molecule has 1 saturated heterocycles. The smallest absolute Gasteiger partial charge is 0.253 e. The monoisotopic (exact) mass is 277 g/mol. The number of carbonyl (C=O) groups excluding carboxylic acids is 1. The molecule has 0 radical (unpaired) electrons. The van der Waals surface area contributed by atoms with Crippen LogP contribution in [0.4, 0.5) is 0 Å². The Morgan fingerprint density at radius 3 is 2.45 bits per heavy atom. The molecule has 1 aromatic carbocycles. The first kappa shape index (κ1) is 14.9. The Hall–Kier alpha value is -1.55. The third-order valence-corrected chi connectivity index (χ3v) is 3.72. The zero-order valence-corrected chi connectivity index (χ0v) is 12.4. The van der Waals surface area contributed by atoms with E-state index in [9.17, 15) is 4.79 Å². The minimum atomic E-state index is 0.118. The number of ether oxygens (including phenoxy) is 2. The zero-order valence-electron chi connectivity index (χ0n) is 12.4. The molecule has 0 atom stereocenters. The molecule has 1 aliphatic rings. The Bertz CT molecular complexity index is 451. The third-order valence-electron chi connectivity index (χ3n) is 3.72. The lowest BCUT2D eigenvalue weighted by atomic mass is 10.1. The van der Waals surface area contributed by atoms with Crippen LogP contribution in [0.5, 0.6) is 5.75 Å². The molecule has 110 valence electrons. The Kier molecular flexibility index (Phi) is 5.41. The van der Waals surface area contributed by atoms with Gasteiger partial charge in [-0.1, -0.05) is 12.8 Å². The zero-order chi connectivity index (χ0) is 14.4. The SMILES string of the molecule is COCc1cc(C(=O)N2CCCCCC2)ccc1OC. The van der Waals surface area contributed by atoms with E-state index in [0.29, 0.717) is 6.61 Å². The molecule has 0 spiro atoms. The molecule has 0 aliphatic carbocycles. The maximum atomic E-state index is 12.6. The predicted molar refractivity (Wildman–Crippen MR) is 78.1 cm³/mol. The highest BCUT2D eigenvalue weighted by molar-refractivity contribution is 5.94. The molecule has 0 unspecified atom stereocenters. The van der Waals surface area contributed by atoms with Crippen LogP contribution < -0.4 is 4.74 Å². The van der Waals surface area contributed by atoms with Gasteiger partial charge in [-0.25, -0.2) is 0 Å². The number of amides is 1. The molecule has 0 saturated carbocycles. The topological polar surface area (TPSA) is 38.8 Å². The highest BCUT2D eigenvalue weighted by atomic mass is 16.5. The molecule has 20 heavy (non-hydrogen) atoms. The summed E-state index contributed by atoms with van der Waals surface area (Å²) in [5.74, 6) is 0.881. The van der Waals surface area contributed by atoms with Crippen LogP contribution in [0.2, 0.25) is 0 Å². The Labute approximate surface area is 120 Å². The molecule has 4 heteroatoms. The third kappa shape index (κ3) is 3.51. The Balaban J connectivity index is 2.18. The van der Waals surface area contributed by atoms with Gasteiger partial charge in [0.05, 0.1) is 13.7 Å². The van der Waals surface area contributed by atoms with Gasteiger partial charge in [0.25, 0.3) is 5.91 Å². The van der Waals surface area contributed by atoms with Crippen molar-refractivity contribution in [3.63, 3.8) is 0 Å². The lowest BCUT2D eigenvalue weighted by Crippen LogP contribution is -2.31. The van der Waals surface area contributed by atoms with Crippen molar-refractivity contribution >= 4 is 5.91 Å². The van der Waals surface area contributed by atoms with Crippen molar-refractivity contribution in [3.05, 3.63) is 29.3 Å². The highest BCUT2D eigenvalue weighted by Crippen LogP contribution is 2.22. The summed E-state index contributed by atoms with van der Waals surface area (Å²) in [7, 11) is 3.27. The first-order valence-corrected chi connectivity index (χ1v) is 7.21. The molecule has 2 rings (SSSR count). The van der Waals surface area contributed by atoms with Crippen molar-refractivity contribution in [2.75, 3.05) is 27.3 Å². The summed E-state index contributed by atoms with van der Waals surface area (Å²) in [6.07, 6.45) is 4.66. The van der Waals surface area contributed by atoms with E-state index in [4.69, 9.17) is 9.47 Å². The molecule has 0 aromatic heterocycles. The van der Waals surface area contributed by atoms with E-state index in [1.807, 2.05) is 23.1 Å². The van der Waals surface area contributed by atoms with E-state index in [2.05, 4.69) is 0 Å². The number of methoxy groups -OCH3 is 2. The van der Waals surface area contributed by atoms with Crippen molar-refractivity contribution in [1.82, 2.24) is 4.90 Å². The normalized spacial score (nSPS) is 15.8. The average Bonchev–Trinajstić information content (AvgIpc) is 2.76. The highest BCUT2D eigenvalue weighted by Gasteiger charge is 2.18. The van der Waals surface area contributed by atoms with Gasteiger partial charge in [0.15, 0.2) is 0 Å². The van der Waals surface area contributed by atoms with Crippen LogP contribution >= 0.6 is 0 Å². The number of rotatable bonds is 4. The number of nitrogens with zero attached hydrogens (tertiary/aromatic N) is 1. The van der Waals surface area contributed by atoms with E-state index >= 15 is 0 Å². The second kappa shape index (κ2) is 7.29. The molecule has 4 nitrogen and oxygen atoms in total. The van der Waals surface area contributed by atoms with Gasteiger partial charge < -0.3 is 14.4 Å². The largest absolute Gasteiger partial charge is 0.496 e. The number of benzene rings is 1. The van der Waals surface area contributed by atoms with Gasteiger partial charge in [-0.2, -0.15) is 0 Å². The Morgan fingerprint density at radius 2 is 1.85 bits per heavy atom. The second-order valence-electron chi connectivity index (χ2n) is 5.17. The lowest BCUT2D eigenvalue weighted by molar-refractivity contribution is 0.0761. The van der Waals surface area contributed by atoms with E-state index in [1.165, 1.54) is 12.8 Å². The lowest BCUT2D eigenvalue weighted by Gasteiger charge is -2.21. The fourth-order valence-electron chi connectivity index (χ4n) is 2.64. The molecule has 1 fully saturated rings. The van der Waals surface area contributed by atoms with Gasteiger partial charge in [-0.05, 0) is 31.0 Å². The van der Waals surface area contributed by atoms with Crippen LogP contribution in [0.15, 0.2) is 18.2 Å². The first-order chi connectivity index (χ1) is 9.76. The van der Waals surface area contributed by atoms with Gasteiger partial charge in [-0.3, -0.25) is 4.79 Å². The van der Waals surface area contributed by atoms with Crippen LogP contribution in [-0.4, -0.2) is 38.1 Å². The fourth-order valence-corrected chi connectivity index (χ4v) is 2.64. The molecular weight excluding hydrogens is 254 g/mol. The summed E-state index contributed by atoms with van der Waals surface area (Å²) < 4.78 is 10.5. The van der Waals surface area contributed by atoms with Gasteiger partial charge in [0, 0.05) is 31.3 Å². The molecular formula is C16H23NO3. The molecule has 1 aliphatic heterocycles. The summed E-state index contributed by atoms with van der Waals surface area (Å²) in [6.45, 7) is 2.18. The molecule has 0 bridgehead atoms. The molecule has 1 heterocycles. The van der Waals surface area contributed by atoms with Crippen molar-refractivity contribution in [1.29, 1.82) is 0 Å². The number of hydrogen-bond acceptors (Lipinski definition) is 3. The first-order valence-electron chi connectivity index (χ1n) is 7.21. The second-order valence-corrected chi connectivity index (χ2v) is 5.17. The predicted octanol–water partition coefficient (Wildman–Crippen LogP) is 2.86. The van der Waals surface area contributed by atoms with Crippen LogP contribution in [0, 0.1) is 0 Å². The summed E-state index contributed by atoms with van der Waals surface area (Å²) in [6, 6.07) is 5.57. The van der Waals surface area contributed by atoms with E-state index in [0.717, 1.165) is 42.8 Å². The number of hydrogen-bond donors (Lipinski definition) is 0. The summed E-state index contributed by atoms with van der Waals surface area (Å²) in [5.41, 5.74) is 1.63. The van der Waals surface area contributed by atoms with E-state index < -0.39 is 0 Å². The van der Waals surface area contributed by atoms with Gasteiger partial charge in [0.1, 0.15) is 5.75 Å². The quantitative estimate of drug-likeness (QED) is 0.849.